The fourth-order valence-electron chi connectivity index (χ4n) is 3.09. The van der Waals surface area contributed by atoms with Gasteiger partial charge in [-0.05, 0) is 24.6 Å². The summed E-state index contributed by atoms with van der Waals surface area (Å²) >= 11 is 0. The van der Waals surface area contributed by atoms with E-state index in [9.17, 15) is 19.7 Å². The van der Waals surface area contributed by atoms with Crippen LogP contribution < -0.4 is 5.32 Å². The van der Waals surface area contributed by atoms with Gasteiger partial charge in [0.15, 0.2) is 0 Å². The Balaban J connectivity index is 1.53. The SMILES string of the molecule is Cc1ccc(CN2C(=O)N/C(=C/c3ccc(-c4cccc([N+](=O)[O-])c4)o3)C2=O)cc1. The molecule has 30 heavy (non-hydrogen) atoms. The standard InChI is InChI=1S/C22H17N3O5/c1-14-5-7-15(8-6-14)13-24-21(26)19(23-22(24)27)12-18-9-10-20(30-18)16-3-2-4-17(11-16)25(28)29/h2-12H,13H2,1H3,(H,23,27)/b19-12+. The van der Waals surface area contributed by atoms with Crippen LogP contribution in [0.3, 0.4) is 0 Å². The molecule has 3 aromatic rings. The molecule has 1 aromatic heterocycles. The van der Waals surface area contributed by atoms with Crippen molar-refractivity contribution in [2.24, 2.45) is 0 Å². The van der Waals surface area contributed by atoms with E-state index < -0.39 is 16.9 Å². The van der Waals surface area contributed by atoms with E-state index in [1.165, 1.54) is 18.2 Å². The molecule has 8 nitrogen and oxygen atoms in total. The number of carbonyl (C=O) groups is 2. The summed E-state index contributed by atoms with van der Waals surface area (Å²) in [6.07, 6.45) is 1.44. The maximum absolute atomic E-state index is 12.6. The quantitative estimate of drug-likeness (QED) is 0.297. The zero-order chi connectivity index (χ0) is 21.3. The lowest BCUT2D eigenvalue weighted by Crippen LogP contribution is -2.30. The molecule has 1 saturated heterocycles. The topological polar surface area (TPSA) is 106 Å². The van der Waals surface area contributed by atoms with Crippen molar-refractivity contribution < 1.29 is 18.9 Å². The smallest absolute Gasteiger partial charge is 0.329 e. The normalized spacial score (nSPS) is 15.0. The van der Waals surface area contributed by atoms with Crippen LogP contribution in [0.4, 0.5) is 10.5 Å². The van der Waals surface area contributed by atoms with E-state index in [2.05, 4.69) is 5.32 Å². The maximum Gasteiger partial charge on any atom is 0.329 e. The molecular weight excluding hydrogens is 386 g/mol. The predicted molar refractivity (Wildman–Crippen MR) is 109 cm³/mol. The number of nitrogens with zero attached hydrogens (tertiary/aromatic N) is 2. The minimum Gasteiger partial charge on any atom is -0.457 e. The van der Waals surface area contributed by atoms with Crippen LogP contribution in [0.15, 0.2) is 70.8 Å². The molecule has 0 radical (unpaired) electrons. The monoisotopic (exact) mass is 403 g/mol. The van der Waals surface area contributed by atoms with Crippen LogP contribution in [0.25, 0.3) is 17.4 Å². The number of nitrogens with one attached hydrogen (secondary N) is 1. The van der Waals surface area contributed by atoms with Crippen molar-refractivity contribution in [3.63, 3.8) is 0 Å². The summed E-state index contributed by atoms with van der Waals surface area (Å²) in [6, 6.07) is 16.4. The molecular formula is C22H17N3O5. The van der Waals surface area contributed by atoms with Gasteiger partial charge in [0, 0.05) is 23.8 Å². The zero-order valence-electron chi connectivity index (χ0n) is 16.0. The molecule has 0 unspecified atom stereocenters. The van der Waals surface area contributed by atoms with Crippen molar-refractivity contribution in [3.05, 3.63) is 93.4 Å². The van der Waals surface area contributed by atoms with E-state index in [1.54, 1.807) is 24.3 Å². The average molecular weight is 403 g/mol. The van der Waals surface area contributed by atoms with Gasteiger partial charge in [-0.3, -0.25) is 19.8 Å². The molecule has 1 fully saturated rings. The molecule has 4 rings (SSSR count). The molecule has 0 spiro atoms. The summed E-state index contributed by atoms with van der Waals surface area (Å²) in [7, 11) is 0. The average Bonchev–Trinajstić information content (AvgIpc) is 3.30. The number of nitro groups is 1. The Bertz CT molecular complexity index is 1180. The minimum atomic E-state index is -0.503. The van der Waals surface area contributed by atoms with Crippen molar-refractivity contribution in [3.8, 4) is 11.3 Å². The molecule has 3 amide bonds. The molecule has 2 heterocycles. The molecule has 8 heteroatoms. The number of carbonyl (C=O) groups excluding carboxylic acids is 2. The van der Waals surface area contributed by atoms with Gasteiger partial charge in [0.2, 0.25) is 0 Å². The second-order valence-electron chi connectivity index (χ2n) is 6.87. The summed E-state index contributed by atoms with van der Waals surface area (Å²) in [5, 5.41) is 13.5. The molecule has 2 aromatic carbocycles. The summed E-state index contributed by atoms with van der Waals surface area (Å²) in [5.74, 6) is 0.310. The van der Waals surface area contributed by atoms with Crippen LogP contribution in [0, 0.1) is 17.0 Å². The highest BCUT2D eigenvalue weighted by Gasteiger charge is 2.33. The first kappa shape index (κ1) is 19.1. The van der Waals surface area contributed by atoms with Gasteiger partial charge < -0.3 is 9.73 Å². The molecule has 150 valence electrons. The first-order valence-electron chi connectivity index (χ1n) is 9.15. The van der Waals surface area contributed by atoms with E-state index in [0.29, 0.717) is 17.1 Å². The van der Waals surface area contributed by atoms with E-state index in [4.69, 9.17) is 4.42 Å². The highest BCUT2D eigenvalue weighted by Crippen LogP contribution is 2.27. The number of nitro benzene ring substituents is 1. The molecule has 0 saturated carbocycles. The minimum absolute atomic E-state index is 0.0474. The van der Waals surface area contributed by atoms with Crippen LogP contribution in [0.2, 0.25) is 0 Å². The van der Waals surface area contributed by atoms with E-state index in [0.717, 1.165) is 16.0 Å². The van der Waals surface area contributed by atoms with Crippen LogP contribution in [-0.4, -0.2) is 21.8 Å². The Morgan fingerprint density at radius 3 is 2.60 bits per heavy atom. The third-order valence-electron chi connectivity index (χ3n) is 4.68. The van der Waals surface area contributed by atoms with Gasteiger partial charge in [0.25, 0.3) is 11.6 Å². The van der Waals surface area contributed by atoms with Gasteiger partial charge >= 0.3 is 6.03 Å². The fourth-order valence-corrected chi connectivity index (χ4v) is 3.09. The Hall–Kier alpha value is -4.20. The second-order valence-corrected chi connectivity index (χ2v) is 6.87. The van der Waals surface area contributed by atoms with Crippen molar-refractivity contribution in [1.82, 2.24) is 10.2 Å². The van der Waals surface area contributed by atoms with E-state index in [-0.39, 0.29) is 17.9 Å². The largest absolute Gasteiger partial charge is 0.457 e. The molecule has 1 N–H and O–H groups in total. The number of urea groups is 1. The van der Waals surface area contributed by atoms with Crippen LogP contribution in [-0.2, 0) is 11.3 Å². The number of imide groups is 1. The number of furan rings is 1. The van der Waals surface area contributed by atoms with Crippen LogP contribution in [0.1, 0.15) is 16.9 Å². The Labute approximate surface area is 171 Å². The van der Waals surface area contributed by atoms with Gasteiger partial charge in [-0.15, -0.1) is 0 Å². The number of hydrogen-bond acceptors (Lipinski definition) is 5. The Morgan fingerprint density at radius 1 is 1.10 bits per heavy atom. The number of benzene rings is 2. The van der Waals surface area contributed by atoms with Crippen molar-refractivity contribution >= 4 is 23.7 Å². The molecule has 0 aliphatic carbocycles. The van der Waals surface area contributed by atoms with E-state index in [1.807, 2.05) is 31.2 Å². The third kappa shape index (κ3) is 3.83. The molecule has 0 atom stereocenters. The van der Waals surface area contributed by atoms with Gasteiger partial charge in [0.1, 0.15) is 17.2 Å². The second kappa shape index (κ2) is 7.67. The van der Waals surface area contributed by atoms with Gasteiger partial charge in [-0.1, -0.05) is 42.0 Å². The molecule has 1 aliphatic heterocycles. The predicted octanol–water partition coefficient (Wildman–Crippen LogP) is 4.26. The summed E-state index contributed by atoms with van der Waals surface area (Å²) in [5.41, 5.74) is 2.53. The van der Waals surface area contributed by atoms with Crippen molar-refractivity contribution in [2.75, 3.05) is 0 Å². The number of aryl methyl sites for hydroxylation is 1. The van der Waals surface area contributed by atoms with Crippen molar-refractivity contribution in [2.45, 2.75) is 13.5 Å². The van der Waals surface area contributed by atoms with Gasteiger partial charge in [-0.25, -0.2) is 4.79 Å². The van der Waals surface area contributed by atoms with Crippen LogP contribution >= 0.6 is 0 Å². The third-order valence-corrected chi connectivity index (χ3v) is 4.68. The zero-order valence-corrected chi connectivity index (χ0v) is 16.0. The number of rotatable bonds is 5. The number of amides is 3. The highest BCUT2D eigenvalue weighted by molar-refractivity contribution is 6.13. The number of hydrogen-bond donors (Lipinski definition) is 1. The van der Waals surface area contributed by atoms with E-state index >= 15 is 0 Å². The lowest BCUT2D eigenvalue weighted by Gasteiger charge is -2.11. The lowest BCUT2D eigenvalue weighted by atomic mass is 10.1. The fraction of sp³-hybridized carbons (Fsp3) is 0.0909. The highest BCUT2D eigenvalue weighted by atomic mass is 16.6. The maximum atomic E-state index is 12.6. The van der Waals surface area contributed by atoms with Gasteiger partial charge in [0.05, 0.1) is 11.5 Å². The van der Waals surface area contributed by atoms with Gasteiger partial charge in [-0.2, -0.15) is 0 Å². The summed E-state index contributed by atoms with van der Waals surface area (Å²) < 4.78 is 5.70. The molecule has 0 bridgehead atoms. The Morgan fingerprint density at radius 2 is 1.87 bits per heavy atom. The van der Waals surface area contributed by atoms with Crippen LogP contribution in [0.5, 0.6) is 0 Å². The Kier molecular flexibility index (Phi) is 4.89. The first-order valence-corrected chi connectivity index (χ1v) is 9.15. The summed E-state index contributed by atoms with van der Waals surface area (Å²) in [6.45, 7) is 2.13. The number of non-ortho nitro benzene ring substituents is 1. The summed E-state index contributed by atoms with van der Waals surface area (Å²) in [4.78, 5) is 36.5. The first-order chi connectivity index (χ1) is 14.4. The molecule has 1 aliphatic rings. The van der Waals surface area contributed by atoms with Crippen molar-refractivity contribution in [1.29, 1.82) is 0 Å². The lowest BCUT2D eigenvalue weighted by molar-refractivity contribution is -0.384.